The number of rotatable bonds is 3. The first kappa shape index (κ1) is 13.5. The average Bonchev–Trinajstić information content (AvgIpc) is 2.90. The second-order valence-corrected chi connectivity index (χ2v) is 4.95. The molecule has 0 aliphatic rings. The topological polar surface area (TPSA) is 61.3 Å². The number of benzene rings is 2. The number of ether oxygens (including phenoxy) is 1. The highest BCUT2D eigenvalue weighted by Crippen LogP contribution is 2.37. The molecule has 106 valence electrons. The summed E-state index contributed by atoms with van der Waals surface area (Å²) in [6, 6.07) is 15.0. The van der Waals surface area contributed by atoms with Crippen molar-refractivity contribution in [1.82, 2.24) is 5.16 Å². The lowest BCUT2D eigenvalue weighted by Gasteiger charge is -2.05. The number of methoxy groups -OCH3 is 1. The van der Waals surface area contributed by atoms with E-state index in [4.69, 9.17) is 26.6 Å². The van der Waals surface area contributed by atoms with Gasteiger partial charge in [0.05, 0.1) is 12.7 Å². The highest BCUT2D eigenvalue weighted by Gasteiger charge is 2.17. The predicted molar refractivity (Wildman–Crippen MR) is 83.3 cm³/mol. The summed E-state index contributed by atoms with van der Waals surface area (Å²) in [6.45, 7) is 0. The Morgan fingerprint density at radius 2 is 1.86 bits per heavy atom. The van der Waals surface area contributed by atoms with Crippen LogP contribution in [0.1, 0.15) is 0 Å². The first-order valence-corrected chi connectivity index (χ1v) is 6.72. The third-order valence-corrected chi connectivity index (χ3v) is 3.45. The van der Waals surface area contributed by atoms with Gasteiger partial charge >= 0.3 is 0 Å². The molecule has 4 nitrogen and oxygen atoms in total. The van der Waals surface area contributed by atoms with Gasteiger partial charge in [-0.25, -0.2) is 0 Å². The van der Waals surface area contributed by atoms with E-state index in [1.807, 2.05) is 36.4 Å². The number of nitrogens with two attached hydrogens (primary N) is 1. The molecule has 0 bridgehead atoms. The fourth-order valence-corrected chi connectivity index (χ4v) is 2.29. The zero-order chi connectivity index (χ0) is 14.8. The van der Waals surface area contributed by atoms with Crippen molar-refractivity contribution < 1.29 is 9.26 Å². The number of nitrogen functional groups attached to an aromatic ring is 1. The van der Waals surface area contributed by atoms with Gasteiger partial charge in [0.15, 0.2) is 0 Å². The number of aromatic nitrogens is 1. The molecule has 0 amide bonds. The summed E-state index contributed by atoms with van der Waals surface area (Å²) < 4.78 is 10.4. The monoisotopic (exact) mass is 300 g/mol. The molecule has 3 aromatic rings. The molecule has 0 saturated heterocycles. The second kappa shape index (κ2) is 5.50. The molecule has 5 heteroatoms. The van der Waals surface area contributed by atoms with Crippen LogP contribution in [0.25, 0.3) is 22.4 Å². The summed E-state index contributed by atoms with van der Waals surface area (Å²) in [5.74, 6) is 1.02. The minimum absolute atomic E-state index is 0.273. The van der Waals surface area contributed by atoms with Crippen LogP contribution in [-0.2, 0) is 0 Å². The molecule has 0 radical (unpaired) electrons. The Balaban J connectivity index is 2.14. The van der Waals surface area contributed by atoms with Gasteiger partial charge in [0.2, 0.25) is 5.88 Å². The van der Waals surface area contributed by atoms with Crippen molar-refractivity contribution >= 4 is 17.5 Å². The van der Waals surface area contributed by atoms with Gasteiger partial charge in [0, 0.05) is 10.6 Å². The van der Waals surface area contributed by atoms with E-state index in [2.05, 4.69) is 5.16 Å². The molecular formula is C16H13ClN2O2. The molecule has 0 saturated carbocycles. The van der Waals surface area contributed by atoms with Gasteiger partial charge in [-0.15, -0.1) is 0 Å². The number of hydrogen-bond acceptors (Lipinski definition) is 4. The molecule has 0 atom stereocenters. The maximum Gasteiger partial charge on any atom is 0.230 e. The zero-order valence-electron chi connectivity index (χ0n) is 11.3. The van der Waals surface area contributed by atoms with Gasteiger partial charge < -0.3 is 15.0 Å². The molecule has 1 heterocycles. The fourth-order valence-electron chi connectivity index (χ4n) is 2.17. The zero-order valence-corrected chi connectivity index (χ0v) is 12.1. The minimum Gasteiger partial charge on any atom is -0.497 e. The van der Waals surface area contributed by atoms with E-state index in [1.54, 1.807) is 19.2 Å². The van der Waals surface area contributed by atoms with Gasteiger partial charge in [0.1, 0.15) is 11.4 Å². The fraction of sp³-hybridized carbons (Fsp3) is 0.0625. The number of nitrogens with zero attached hydrogens (tertiary/aromatic N) is 1. The highest BCUT2D eigenvalue weighted by molar-refractivity contribution is 6.30. The van der Waals surface area contributed by atoms with Crippen LogP contribution in [-0.4, -0.2) is 12.3 Å². The van der Waals surface area contributed by atoms with E-state index in [0.717, 1.165) is 22.4 Å². The van der Waals surface area contributed by atoms with Crippen LogP contribution >= 0.6 is 11.6 Å². The minimum atomic E-state index is 0.273. The predicted octanol–water partition coefficient (Wildman–Crippen LogP) is 4.25. The maximum absolute atomic E-state index is 5.93. The van der Waals surface area contributed by atoms with Crippen molar-refractivity contribution in [2.75, 3.05) is 12.8 Å². The normalized spacial score (nSPS) is 10.6. The van der Waals surface area contributed by atoms with Crippen LogP contribution in [0.2, 0.25) is 5.02 Å². The summed E-state index contributed by atoms with van der Waals surface area (Å²) in [6.07, 6.45) is 0. The van der Waals surface area contributed by atoms with Crippen molar-refractivity contribution in [1.29, 1.82) is 0 Å². The van der Waals surface area contributed by atoms with Crippen LogP contribution in [0, 0.1) is 0 Å². The molecule has 0 aliphatic heterocycles. The molecule has 21 heavy (non-hydrogen) atoms. The van der Waals surface area contributed by atoms with E-state index in [0.29, 0.717) is 10.7 Å². The molecule has 0 fully saturated rings. The third-order valence-electron chi connectivity index (χ3n) is 3.19. The average molecular weight is 301 g/mol. The van der Waals surface area contributed by atoms with Crippen molar-refractivity contribution in [2.24, 2.45) is 0 Å². The Bertz CT molecular complexity index is 766. The quantitative estimate of drug-likeness (QED) is 0.785. The summed E-state index contributed by atoms with van der Waals surface area (Å²) >= 11 is 5.92. The lowest BCUT2D eigenvalue weighted by atomic mass is 10.0. The van der Waals surface area contributed by atoms with E-state index in [-0.39, 0.29) is 5.88 Å². The van der Waals surface area contributed by atoms with Gasteiger partial charge in [-0.2, -0.15) is 0 Å². The Labute approximate surface area is 127 Å². The van der Waals surface area contributed by atoms with Crippen LogP contribution in [0.5, 0.6) is 5.75 Å². The molecule has 0 unspecified atom stereocenters. The maximum atomic E-state index is 5.93. The van der Waals surface area contributed by atoms with Crippen LogP contribution in [0.15, 0.2) is 53.1 Å². The molecule has 2 N–H and O–H groups in total. The van der Waals surface area contributed by atoms with Crippen LogP contribution in [0.3, 0.4) is 0 Å². The first-order valence-electron chi connectivity index (χ1n) is 6.34. The lowest BCUT2D eigenvalue weighted by molar-refractivity contribution is 0.415. The number of halogens is 1. The second-order valence-electron chi connectivity index (χ2n) is 4.51. The standard InChI is InChI=1S/C16H13ClN2O2/c1-20-13-4-2-3-11(9-13)15-14(16(18)21-19-15)10-5-7-12(17)8-6-10/h2-9H,18H2,1H3. The van der Waals surface area contributed by atoms with Crippen molar-refractivity contribution in [2.45, 2.75) is 0 Å². The highest BCUT2D eigenvalue weighted by atomic mass is 35.5. The number of hydrogen-bond donors (Lipinski definition) is 1. The molecule has 1 aromatic heterocycles. The van der Waals surface area contributed by atoms with Crippen molar-refractivity contribution in [3.63, 3.8) is 0 Å². The van der Waals surface area contributed by atoms with Crippen molar-refractivity contribution in [3.8, 4) is 28.1 Å². The van der Waals surface area contributed by atoms with Gasteiger partial charge in [-0.05, 0) is 29.8 Å². The molecule has 3 rings (SSSR count). The van der Waals surface area contributed by atoms with Crippen LogP contribution in [0.4, 0.5) is 5.88 Å². The Kier molecular flexibility index (Phi) is 3.54. The van der Waals surface area contributed by atoms with Gasteiger partial charge in [-0.3, -0.25) is 0 Å². The van der Waals surface area contributed by atoms with E-state index in [9.17, 15) is 0 Å². The third kappa shape index (κ3) is 2.58. The summed E-state index contributed by atoms with van der Waals surface area (Å²) in [4.78, 5) is 0. The molecule has 0 aliphatic carbocycles. The summed E-state index contributed by atoms with van der Waals surface area (Å²) in [5.41, 5.74) is 9.12. The van der Waals surface area contributed by atoms with E-state index >= 15 is 0 Å². The Hall–Kier alpha value is -2.46. The largest absolute Gasteiger partial charge is 0.497 e. The van der Waals surface area contributed by atoms with E-state index in [1.165, 1.54) is 0 Å². The van der Waals surface area contributed by atoms with Gasteiger partial charge in [0.25, 0.3) is 0 Å². The molecule has 2 aromatic carbocycles. The summed E-state index contributed by atoms with van der Waals surface area (Å²) in [5, 5.41) is 4.74. The van der Waals surface area contributed by atoms with Crippen molar-refractivity contribution in [3.05, 3.63) is 53.6 Å². The Morgan fingerprint density at radius 3 is 2.57 bits per heavy atom. The SMILES string of the molecule is COc1cccc(-c2noc(N)c2-c2ccc(Cl)cc2)c1. The van der Waals surface area contributed by atoms with Gasteiger partial charge in [-0.1, -0.05) is 41.0 Å². The lowest BCUT2D eigenvalue weighted by Crippen LogP contribution is -1.88. The molecular weight excluding hydrogens is 288 g/mol. The molecule has 0 spiro atoms. The summed E-state index contributed by atoms with van der Waals surface area (Å²) in [7, 11) is 1.62. The smallest absolute Gasteiger partial charge is 0.230 e. The van der Waals surface area contributed by atoms with Crippen LogP contribution < -0.4 is 10.5 Å². The Morgan fingerprint density at radius 1 is 1.10 bits per heavy atom. The number of anilines is 1. The van der Waals surface area contributed by atoms with E-state index < -0.39 is 0 Å². The first-order chi connectivity index (χ1) is 10.2.